The van der Waals surface area contributed by atoms with E-state index >= 15 is 0 Å². The monoisotopic (exact) mass is 315 g/mol. The van der Waals surface area contributed by atoms with Crippen molar-refractivity contribution in [2.45, 2.75) is 43.0 Å². The number of primary amides is 1. The zero-order valence-corrected chi connectivity index (χ0v) is 12.5. The number of hydrogen-bond donors (Lipinski definition) is 4. The Kier molecular flexibility index (Phi) is 7.07. The Hall–Kier alpha value is -1.70. The lowest BCUT2D eigenvalue weighted by Gasteiger charge is -2.16. The molecular weight excluding hydrogens is 294 g/mol. The van der Waals surface area contributed by atoms with Crippen molar-refractivity contribution < 1.29 is 19.5 Å². The molecular formula is C13H21N3O4S. The highest BCUT2D eigenvalue weighted by Crippen LogP contribution is 2.33. The van der Waals surface area contributed by atoms with Gasteiger partial charge < -0.3 is 21.5 Å². The van der Waals surface area contributed by atoms with Gasteiger partial charge in [0.15, 0.2) is 0 Å². The summed E-state index contributed by atoms with van der Waals surface area (Å²) in [5, 5.41) is 14.8. The van der Waals surface area contributed by atoms with E-state index in [0.717, 1.165) is 31.1 Å². The predicted octanol–water partition coefficient (Wildman–Crippen LogP) is 0.455. The zero-order valence-electron chi connectivity index (χ0n) is 11.7. The van der Waals surface area contributed by atoms with Crippen LogP contribution in [0, 0.1) is 0 Å². The number of nitrogens with one attached hydrogen (secondary N) is 2. The van der Waals surface area contributed by atoms with E-state index in [4.69, 9.17) is 5.11 Å². The number of unbranched alkanes of at least 4 members (excludes halogenated alkanes) is 1. The van der Waals surface area contributed by atoms with Crippen LogP contribution >= 0.6 is 11.8 Å². The van der Waals surface area contributed by atoms with Crippen molar-refractivity contribution in [2.24, 2.45) is 5.73 Å². The van der Waals surface area contributed by atoms with Crippen molar-refractivity contribution in [1.82, 2.24) is 10.6 Å². The average Bonchev–Trinajstić information content (AvgIpc) is 2.95. The minimum absolute atomic E-state index is 0.0640. The van der Waals surface area contributed by atoms with Crippen LogP contribution in [0.15, 0.2) is 12.7 Å². The SMILES string of the molecule is C=CC(N)=O.O=C(O)CCCC[C@@H]1SC[C@@H]2NC(=O)N[C@@H]21. The van der Waals surface area contributed by atoms with Gasteiger partial charge in [0, 0.05) is 17.4 Å². The van der Waals surface area contributed by atoms with Crippen LogP contribution in [0.4, 0.5) is 4.79 Å². The van der Waals surface area contributed by atoms with Crippen LogP contribution in [-0.4, -0.2) is 46.1 Å². The molecule has 118 valence electrons. The first-order chi connectivity index (χ1) is 9.93. The van der Waals surface area contributed by atoms with Crippen LogP contribution in [0.1, 0.15) is 25.7 Å². The maximum atomic E-state index is 11.1. The summed E-state index contributed by atoms with van der Waals surface area (Å²) in [4.78, 5) is 30.9. The number of rotatable bonds is 6. The van der Waals surface area contributed by atoms with Gasteiger partial charge in [-0.25, -0.2) is 4.79 Å². The number of thioether (sulfide) groups is 1. The highest BCUT2D eigenvalue weighted by Gasteiger charge is 2.42. The normalized spacial score (nSPS) is 25.9. The van der Waals surface area contributed by atoms with Gasteiger partial charge in [-0.05, 0) is 18.9 Å². The third-order valence-electron chi connectivity index (χ3n) is 3.27. The van der Waals surface area contributed by atoms with Crippen LogP contribution in [0.3, 0.4) is 0 Å². The number of urea groups is 1. The van der Waals surface area contributed by atoms with Gasteiger partial charge in [0.05, 0.1) is 12.1 Å². The molecule has 21 heavy (non-hydrogen) atoms. The van der Waals surface area contributed by atoms with Gasteiger partial charge in [0.1, 0.15) is 0 Å². The molecule has 0 aromatic carbocycles. The highest BCUT2D eigenvalue weighted by molar-refractivity contribution is 8.00. The molecule has 2 aliphatic rings. The number of fused-ring (bicyclic) bond motifs is 1. The van der Waals surface area contributed by atoms with Crippen LogP contribution in [-0.2, 0) is 9.59 Å². The largest absolute Gasteiger partial charge is 0.481 e. The second-order valence-corrected chi connectivity index (χ2v) is 6.14. The van der Waals surface area contributed by atoms with E-state index in [2.05, 4.69) is 22.9 Å². The van der Waals surface area contributed by atoms with Crippen molar-refractivity contribution in [3.8, 4) is 0 Å². The van der Waals surface area contributed by atoms with E-state index in [1.165, 1.54) is 0 Å². The van der Waals surface area contributed by atoms with Crippen molar-refractivity contribution in [3.63, 3.8) is 0 Å². The second kappa shape index (κ2) is 8.56. The number of carboxylic acids is 1. The average molecular weight is 315 g/mol. The van der Waals surface area contributed by atoms with Crippen molar-refractivity contribution in [3.05, 3.63) is 12.7 Å². The van der Waals surface area contributed by atoms with Gasteiger partial charge >= 0.3 is 12.0 Å². The molecule has 0 aromatic heterocycles. The minimum Gasteiger partial charge on any atom is -0.481 e. The summed E-state index contributed by atoms with van der Waals surface area (Å²) >= 11 is 1.87. The van der Waals surface area contributed by atoms with E-state index in [9.17, 15) is 14.4 Å². The first-order valence-electron chi connectivity index (χ1n) is 6.76. The second-order valence-electron chi connectivity index (χ2n) is 4.87. The number of aliphatic carboxylic acids is 1. The van der Waals surface area contributed by atoms with Crippen LogP contribution < -0.4 is 16.4 Å². The Morgan fingerprint density at radius 1 is 1.43 bits per heavy atom. The molecule has 8 heteroatoms. The van der Waals surface area contributed by atoms with Crippen LogP contribution in [0.5, 0.6) is 0 Å². The fourth-order valence-electron chi connectivity index (χ4n) is 2.26. The van der Waals surface area contributed by atoms with E-state index in [1.54, 1.807) is 0 Å². The number of carbonyl (C=O) groups is 3. The minimum atomic E-state index is -0.729. The molecule has 7 nitrogen and oxygen atoms in total. The number of hydrogen-bond acceptors (Lipinski definition) is 4. The Balaban J connectivity index is 0.000000383. The quantitative estimate of drug-likeness (QED) is 0.322. The molecule has 5 N–H and O–H groups in total. The fourth-order valence-corrected chi connectivity index (χ4v) is 3.81. The molecule has 2 aliphatic heterocycles. The maximum Gasteiger partial charge on any atom is 0.315 e. The third-order valence-corrected chi connectivity index (χ3v) is 4.78. The standard InChI is InChI=1S/C10H16N2O3S.C3H5NO/c13-8(14)4-2-1-3-7-9-6(5-16-7)11-10(15)12-9;1-2-3(4)5/h6-7,9H,1-5H2,(H,13,14)(H2,11,12,15);2H,1H2,(H2,4,5)/t6-,7-,9-;/m0./s1. The predicted molar refractivity (Wildman–Crippen MR) is 81.0 cm³/mol. The smallest absolute Gasteiger partial charge is 0.315 e. The number of nitrogens with two attached hydrogens (primary N) is 1. The van der Waals surface area contributed by atoms with Gasteiger partial charge in [-0.3, -0.25) is 9.59 Å². The molecule has 3 amide bonds. The Morgan fingerprint density at radius 3 is 2.67 bits per heavy atom. The molecule has 0 aromatic rings. The van der Waals surface area contributed by atoms with Crippen molar-refractivity contribution in [2.75, 3.05) is 5.75 Å². The van der Waals surface area contributed by atoms with E-state index in [1.807, 2.05) is 11.8 Å². The topological polar surface area (TPSA) is 122 Å². The molecule has 2 saturated heterocycles. The summed E-state index contributed by atoms with van der Waals surface area (Å²) in [5.41, 5.74) is 4.53. The lowest BCUT2D eigenvalue weighted by atomic mass is 10.0. The van der Waals surface area contributed by atoms with Gasteiger partial charge in [0.25, 0.3) is 0 Å². The molecule has 2 heterocycles. The zero-order chi connectivity index (χ0) is 15.8. The van der Waals surface area contributed by atoms with Crippen LogP contribution in [0.25, 0.3) is 0 Å². The summed E-state index contributed by atoms with van der Waals surface area (Å²) in [5.74, 6) is -0.245. The Bertz CT molecular complexity index is 416. The molecule has 2 fully saturated rings. The molecule has 3 atom stereocenters. The van der Waals surface area contributed by atoms with Gasteiger partial charge in [0.2, 0.25) is 5.91 Å². The number of amides is 3. The Morgan fingerprint density at radius 2 is 2.10 bits per heavy atom. The third kappa shape index (κ3) is 6.07. The number of carboxylic acid groups (broad SMARTS) is 1. The first kappa shape index (κ1) is 17.4. The first-order valence-corrected chi connectivity index (χ1v) is 7.81. The lowest BCUT2D eigenvalue weighted by molar-refractivity contribution is -0.137. The summed E-state index contributed by atoms with van der Waals surface area (Å²) in [6.07, 6.45) is 3.94. The lowest BCUT2D eigenvalue weighted by Crippen LogP contribution is -2.36. The maximum absolute atomic E-state index is 11.1. The van der Waals surface area contributed by atoms with E-state index in [-0.39, 0.29) is 24.5 Å². The summed E-state index contributed by atoms with van der Waals surface area (Å²) < 4.78 is 0. The van der Waals surface area contributed by atoms with Gasteiger partial charge in [-0.2, -0.15) is 11.8 Å². The molecule has 0 unspecified atom stereocenters. The van der Waals surface area contributed by atoms with Crippen molar-refractivity contribution >= 4 is 29.7 Å². The Labute approximate surface area is 127 Å². The van der Waals surface area contributed by atoms with Crippen LogP contribution in [0.2, 0.25) is 0 Å². The molecule has 0 saturated carbocycles. The summed E-state index contributed by atoms with van der Waals surface area (Å²) in [6, 6.07) is 0.440. The highest BCUT2D eigenvalue weighted by atomic mass is 32.2. The summed E-state index contributed by atoms with van der Waals surface area (Å²) in [6.45, 7) is 3.09. The van der Waals surface area contributed by atoms with Gasteiger partial charge in [-0.1, -0.05) is 13.0 Å². The number of carbonyl (C=O) groups excluding carboxylic acids is 2. The molecule has 0 bridgehead atoms. The molecule has 0 spiro atoms. The van der Waals surface area contributed by atoms with E-state index < -0.39 is 11.9 Å². The van der Waals surface area contributed by atoms with Crippen molar-refractivity contribution in [1.29, 1.82) is 0 Å². The fraction of sp³-hybridized carbons (Fsp3) is 0.615. The molecule has 0 aliphatic carbocycles. The molecule has 0 radical (unpaired) electrons. The van der Waals surface area contributed by atoms with Gasteiger partial charge in [-0.15, -0.1) is 0 Å². The van der Waals surface area contributed by atoms with E-state index in [0.29, 0.717) is 5.25 Å². The summed E-state index contributed by atoms with van der Waals surface area (Å²) in [7, 11) is 0. The molecule has 2 rings (SSSR count).